The lowest BCUT2D eigenvalue weighted by Crippen LogP contribution is -2.59. The molecule has 0 aromatic heterocycles. The Bertz CT molecular complexity index is 653. The van der Waals surface area contributed by atoms with Gasteiger partial charge in [0.05, 0.1) is 12.8 Å². The van der Waals surface area contributed by atoms with Gasteiger partial charge in [0.2, 0.25) is 0 Å². The van der Waals surface area contributed by atoms with Crippen LogP contribution in [0.25, 0.3) is 0 Å². The Labute approximate surface area is 143 Å². The van der Waals surface area contributed by atoms with Gasteiger partial charge in [-0.3, -0.25) is 14.4 Å². The first-order chi connectivity index (χ1) is 11.2. The Morgan fingerprint density at radius 2 is 1.71 bits per heavy atom. The second kappa shape index (κ2) is 6.75. The number of anilines is 1. The van der Waals surface area contributed by atoms with Gasteiger partial charge < -0.3 is 9.64 Å². The van der Waals surface area contributed by atoms with Crippen molar-refractivity contribution in [1.29, 1.82) is 0 Å². The monoisotopic (exact) mass is 331 g/mol. The van der Waals surface area contributed by atoms with Crippen molar-refractivity contribution in [3.8, 4) is 5.75 Å². The molecule has 0 bridgehead atoms. The summed E-state index contributed by atoms with van der Waals surface area (Å²) in [6.45, 7) is 6.63. The molecule has 130 valence electrons. The van der Waals surface area contributed by atoms with E-state index in [1.54, 1.807) is 7.11 Å². The van der Waals surface area contributed by atoms with Crippen molar-refractivity contribution in [2.45, 2.75) is 40.2 Å². The van der Waals surface area contributed by atoms with Crippen LogP contribution in [0.5, 0.6) is 5.75 Å². The summed E-state index contributed by atoms with van der Waals surface area (Å²) in [6, 6.07) is 7.35. The third-order valence-corrected chi connectivity index (χ3v) is 5.35. The Morgan fingerprint density at radius 1 is 1.12 bits per heavy atom. The molecule has 2 atom stereocenters. The molecule has 0 N–H and O–H groups in total. The van der Waals surface area contributed by atoms with Crippen molar-refractivity contribution in [2.24, 2.45) is 11.3 Å². The van der Waals surface area contributed by atoms with E-state index in [1.165, 1.54) is 20.8 Å². The first kappa shape index (κ1) is 18.2. The number of ether oxygens (including phenoxy) is 1. The van der Waals surface area contributed by atoms with Gasteiger partial charge in [0.25, 0.3) is 0 Å². The van der Waals surface area contributed by atoms with Crippen molar-refractivity contribution in [1.82, 2.24) is 0 Å². The molecule has 0 spiro atoms. The Balaban J connectivity index is 2.58. The number of Topliss-reactive ketones (excluding diaryl/α,β-unsaturated/α-hetero) is 3. The smallest absolute Gasteiger partial charge is 0.145 e. The van der Waals surface area contributed by atoms with E-state index in [0.29, 0.717) is 5.75 Å². The minimum absolute atomic E-state index is 0.00558. The molecule has 1 heterocycles. The summed E-state index contributed by atoms with van der Waals surface area (Å²) >= 11 is 0. The first-order valence-corrected chi connectivity index (χ1v) is 8.16. The number of hydrogen-bond donors (Lipinski definition) is 0. The number of carbonyl (C=O) groups excluding carboxylic acids is 3. The highest BCUT2D eigenvalue weighted by atomic mass is 16.5. The van der Waals surface area contributed by atoms with Gasteiger partial charge in [-0.15, -0.1) is 0 Å². The van der Waals surface area contributed by atoms with Gasteiger partial charge in [0.15, 0.2) is 0 Å². The third kappa shape index (κ3) is 2.95. The fraction of sp³-hybridized carbons (Fsp3) is 0.526. The highest BCUT2D eigenvalue weighted by molar-refractivity contribution is 6.06. The molecule has 1 saturated heterocycles. The van der Waals surface area contributed by atoms with E-state index >= 15 is 0 Å². The summed E-state index contributed by atoms with van der Waals surface area (Å²) in [5.41, 5.74) is -0.353. The summed E-state index contributed by atoms with van der Waals surface area (Å²) in [5.74, 6) is -0.0962. The quantitative estimate of drug-likeness (QED) is 0.776. The number of carbonyl (C=O) groups is 3. The molecule has 1 fully saturated rings. The van der Waals surface area contributed by atoms with Crippen LogP contribution in [-0.4, -0.2) is 37.0 Å². The van der Waals surface area contributed by atoms with E-state index in [-0.39, 0.29) is 42.3 Å². The van der Waals surface area contributed by atoms with Crippen LogP contribution in [0.2, 0.25) is 0 Å². The van der Waals surface area contributed by atoms with Gasteiger partial charge in [-0.2, -0.15) is 0 Å². The SMILES string of the molecule is COc1ccccc1N1CC(C(C)=O)(C(C)=O)CC(C(C)=O)C1C. The maximum atomic E-state index is 12.4. The molecule has 0 saturated carbocycles. The van der Waals surface area contributed by atoms with Crippen molar-refractivity contribution in [3.63, 3.8) is 0 Å². The predicted molar refractivity (Wildman–Crippen MR) is 92.4 cm³/mol. The lowest BCUT2D eigenvalue weighted by Gasteiger charge is -2.48. The van der Waals surface area contributed by atoms with E-state index < -0.39 is 5.41 Å². The van der Waals surface area contributed by atoms with E-state index in [0.717, 1.165) is 5.69 Å². The molecule has 1 aromatic carbocycles. The molecular formula is C19H25NO4. The molecule has 2 unspecified atom stereocenters. The molecule has 5 heteroatoms. The van der Waals surface area contributed by atoms with Gasteiger partial charge in [-0.05, 0) is 46.2 Å². The molecule has 1 aromatic rings. The molecule has 5 nitrogen and oxygen atoms in total. The summed E-state index contributed by atoms with van der Waals surface area (Å²) in [7, 11) is 1.58. The normalized spacial score (nSPS) is 22.8. The van der Waals surface area contributed by atoms with Crippen LogP contribution in [0.15, 0.2) is 24.3 Å². The van der Waals surface area contributed by atoms with E-state index in [4.69, 9.17) is 4.74 Å². The molecule has 1 aliphatic heterocycles. The molecule has 2 rings (SSSR count). The Morgan fingerprint density at radius 3 is 2.21 bits per heavy atom. The summed E-state index contributed by atoms with van der Waals surface area (Å²) in [4.78, 5) is 38.9. The highest BCUT2D eigenvalue weighted by Crippen LogP contribution is 2.43. The van der Waals surface area contributed by atoms with Crippen molar-refractivity contribution < 1.29 is 19.1 Å². The van der Waals surface area contributed by atoms with E-state index in [9.17, 15) is 14.4 Å². The largest absolute Gasteiger partial charge is 0.495 e. The number of methoxy groups -OCH3 is 1. The first-order valence-electron chi connectivity index (χ1n) is 8.16. The fourth-order valence-electron chi connectivity index (χ4n) is 3.68. The molecule has 0 amide bonds. The lowest BCUT2D eigenvalue weighted by atomic mass is 9.67. The minimum Gasteiger partial charge on any atom is -0.495 e. The summed E-state index contributed by atoms with van der Waals surface area (Å²) in [6.07, 6.45) is 0.278. The van der Waals surface area contributed by atoms with Crippen LogP contribution in [0, 0.1) is 11.3 Å². The van der Waals surface area contributed by atoms with Crippen LogP contribution < -0.4 is 9.64 Å². The summed E-state index contributed by atoms with van der Waals surface area (Å²) in [5, 5.41) is 0. The van der Waals surface area contributed by atoms with Crippen LogP contribution in [0.3, 0.4) is 0 Å². The van der Waals surface area contributed by atoms with E-state index in [1.807, 2.05) is 36.1 Å². The zero-order valence-corrected chi connectivity index (χ0v) is 15.0. The molecular weight excluding hydrogens is 306 g/mol. The van der Waals surface area contributed by atoms with E-state index in [2.05, 4.69) is 0 Å². The van der Waals surface area contributed by atoms with Gasteiger partial charge in [-0.25, -0.2) is 0 Å². The summed E-state index contributed by atoms with van der Waals surface area (Å²) < 4.78 is 5.44. The van der Waals surface area contributed by atoms with Gasteiger partial charge in [0, 0.05) is 18.5 Å². The zero-order chi connectivity index (χ0) is 18.1. The minimum atomic E-state index is -1.15. The average Bonchev–Trinajstić information content (AvgIpc) is 2.54. The predicted octanol–water partition coefficient (Wildman–Crippen LogP) is 2.66. The van der Waals surface area contributed by atoms with Gasteiger partial charge in [0.1, 0.15) is 28.5 Å². The number of rotatable bonds is 5. The van der Waals surface area contributed by atoms with Crippen LogP contribution in [-0.2, 0) is 14.4 Å². The zero-order valence-electron chi connectivity index (χ0n) is 15.0. The van der Waals surface area contributed by atoms with Gasteiger partial charge in [-0.1, -0.05) is 12.1 Å². The topological polar surface area (TPSA) is 63.7 Å². The van der Waals surface area contributed by atoms with Crippen molar-refractivity contribution in [2.75, 3.05) is 18.6 Å². The fourth-order valence-corrected chi connectivity index (χ4v) is 3.68. The molecule has 0 radical (unpaired) electrons. The Kier molecular flexibility index (Phi) is 5.11. The van der Waals surface area contributed by atoms with Crippen LogP contribution in [0.4, 0.5) is 5.69 Å². The van der Waals surface area contributed by atoms with Gasteiger partial charge >= 0.3 is 0 Å². The van der Waals surface area contributed by atoms with Crippen LogP contribution >= 0.6 is 0 Å². The number of hydrogen-bond acceptors (Lipinski definition) is 5. The van der Waals surface area contributed by atoms with Crippen molar-refractivity contribution in [3.05, 3.63) is 24.3 Å². The number of ketones is 3. The third-order valence-electron chi connectivity index (χ3n) is 5.35. The molecule has 24 heavy (non-hydrogen) atoms. The maximum absolute atomic E-state index is 12.4. The second-order valence-corrected chi connectivity index (χ2v) is 6.66. The molecule has 0 aliphatic carbocycles. The number of nitrogens with zero attached hydrogens (tertiary/aromatic N) is 1. The number of piperidine rings is 1. The average molecular weight is 331 g/mol. The maximum Gasteiger partial charge on any atom is 0.145 e. The standard InChI is InChI=1S/C19H25NO4/c1-12-16(13(2)21)10-19(14(3)22,15(4)23)11-20(12)17-8-6-7-9-18(17)24-5/h6-9,12,16H,10-11H2,1-5H3. The van der Waals surface area contributed by atoms with Crippen LogP contribution in [0.1, 0.15) is 34.1 Å². The number of para-hydroxylation sites is 2. The van der Waals surface area contributed by atoms with Crippen molar-refractivity contribution >= 4 is 23.0 Å². The highest BCUT2D eigenvalue weighted by Gasteiger charge is 2.51. The second-order valence-electron chi connectivity index (χ2n) is 6.66. The lowest BCUT2D eigenvalue weighted by molar-refractivity contribution is -0.141. The Hall–Kier alpha value is -2.17. The number of benzene rings is 1. The molecule has 1 aliphatic rings.